The van der Waals surface area contributed by atoms with E-state index in [1.807, 2.05) is 38.0 Å². The topological polar surface area (TPSA) is 163 Å². The molecule has 4 saturated carbocycles. The molecule has 56 heavy (non-hydrogen) atoms. The van der Waals surface area contributed by atoms with Crippen LogP contribution < -0.4 is 16.0 Å². The molecule has 4 aliphatic carbocycles. The van der Waals surface area contributed by atoms with Gasteiger partial charge < -0.3 is 29.9 Å². The van der Waals surface area contributed by atoms with Crippen molar-refractivity contribution in [3.05, 3.63) is 71.8 Å². The SMILES string of the molecule is CN(C)CCCNC(=O)C1C2CC(OC(=O)c3ccccc3)C(C2)C1C(=O)NC(=O)C1C2CC(CC2OC(=O)c2ccccc2)C1C(=O)NCCCN(C)C.Cl. The van der Waals surface area contributed by atoms with Gasteiger partial charge in [-0.2, -0.15) is 0 Å². The minimum absolute atomic E-state index is 0. The Morgan fingerprint density at radius 1 is 0.554 bits per heavy atom. The molecule has 0 saturated heterocycles. The number of halogens is 1. The number of amides is 4. The fourth-order valence-electron chi connectivity index (χ4n) is 9.64. The second-order valence-corrected chi connectivity index (χ2v) is 16.3. The molecule has 0 aromatic heterocycles. The highest BCUT2D eigenvalue weighted by Crippen LogP contribution is 2.55. The zero-order valence-corrected chi connectivity index (χ0v) is 33.5. The van der Waals surface area contributed by atoms with Crippen LogP contribution in [0.5, 0.6) is 0 Å². The predicted molar refractivity (Wildman–Crippen MR) is 210 cm³/mol. The molecule has 10 unspecified atom stereocenters. The maximum atomic E-state index is 14.4. The molecule has 0 aliphatic heterocycles. The Morgan fingerprint density at radius 2 is 0.929 bits per heavy atom. The minimum atomic E-state index is -0.922. The Balaban J connectivity index is 0.00000600. The molecule has 4 aliphatic rings. The third-order valence-electron chi connectivity index (χ3n) is 12.0. The quantitative estimate of drug-likeness (QED) is 0.131. The highest BCUT2D eigenvalue weighted by atomic mass is 35.5. The van der Waals surface area contributed by atoms with Crippen molar-refractivity contribution in [3.8, 4) is 0 Å². The van der Waals surface area contributed by atoms with Crippen LogP contribution in [0.1, 0.15) is 59.2 Å². The maximum absolute atomic E-state index is 14.4. The van der Waals surface area contributed by atoms with Crippen LogP contribution in [0.25, 0.3) is 0 Å². The monoisotopic (exact) mass is 793 g/mol. The molecule has 0 spiro atoms. The van der Waals surface area contributed by atoms with Gasteiger partial charge in [-0.3, -0.25) is 24.5 Å². The van der Waals surface area contributed by atoms with Crippen molar-refractivity contribution in [1.29, 1.82) is 0 Å². The number of benzene rings is 2. The highest BCUT2D eigenvalue weighted by Gasteiger charge is 2.62. The van der Waals surface area contributed by atoms with Crippen molar-refractivity contribution in [3.63, 3.8) is 0 Å². The summed E-state index contributed by atoms with van der Waals surface area (Å²) in [6.45, 7) is 2.43. The summed E-state index contributed by atoms with van der Waals surface area (Å²) >= 11 is 0. The van der Waals surface area contributed by atoms with Crippen LogP contribution in [-0.2, 0) is 28.7 Å². The summed E-state index contributed by atoms with van der Waals surface area (Å²) in [4.78, 5) is 86.6. The Kier molecular flexibility index (Phi) is 14.7. The van der Waals surface area contributed by atoms with Gasteiger partial charge in [0.1, 0.15) is 12.2 Å². The summed E-state index contributed by atoms with van der Waals surface area (Å²) in [7, 11) is 7.82. The average Bonchev–Trinajstić information content (AvgIpc) is 3.95. The van der Waals surface area contributed by atoms with Crippen molar-refractivity contribution in [1.82, 2.24) is 25.8 Å². The van der Waals surface area contributed by atoms with Gasteiger partial charge in [0.05, 0.1) is 34.8 Å². The van der Waals surface area contributed by atoms with E-state index in [-0.39, 0.29) is 36.1 Å². The van der Waals surface area contributed by atoms with Gasteiger partial charge in [-0.05, 0) is 116 Å². The third-order valence-corrected chi connectivity index (χ3v) is 12.0. The highest BCUT2D eigenvalue weighted by molar-refractivity contribution is 6.02. The summed E-state index contributed by atoms with van der Waals surface area (Å²) in [5.74, 6) is -7.39. The molecular formula is C42H56ClN5O8. The number of carbonyl (C=O) groups excluding carboxylic acids is 6. The van der Waals surface area contributed by atoms with Gasteiger partial charge in [0.15, 0.2) is 0 Å². The molecule has 14 heteroatoms. The first-order valence-electron chi connectivity index (χ1n) is 19.6. The van der Waals surface area contributed by atoms with Crippen LogP contribution >= 0.6 is 12.4 Å². The van der Waals surface area contributed by atoms with Gasteiger partial charge in [0, 0.05) is 24.9 Å². The molecule has 10 atom stereocenters. The molecule has 0 radical (unpaired) electrons. The number of carbonyl (C=O) groups is 6. The van der Waals surface area contributed by atoms with Gasteiger partial charge in [0.25, 0.3) is 0 Å². The second kappa shape index (κ2) is 19.2. The van der Waals surface area contributed by atoms with E-state index in [0.717, 1.165) is 25.9 Å². The number of fused-ring (bicyclic) bond motifs is 4. The zero-order chi connectivity index (χ0) is 39.2. The lowest BCUT2D eigenvalue weighted by molar-refractivity contribution is -0.147. The first-order valence-corrected chi connectivity index (χ1v) is 19.6. The Morgan fingerprint density at radius 3 is 1.29 bits per heavy atom. The fraction of sp³-hybridized carbons (Fsp3) is 0.571. The smallest absolute Gasteiger partial charge is 0.338 e. The van der Waals surface area contributed by atoms with Crippen LogP contribution in [0.2, 0.25) is 0 Å². The van der Waals surface area contributed by atoms with Crippen LogP contribution in [0.4, 0.5) is 0 Å². The third kappa shape index (κ3) is 9.78. The van der Waals surface area contributed by atoms with E-state index < -0.39 is 71.5 Å². The van der Waals surface area contributed by atoms with Gasteiger partial charge in [-0.1, -0.05) is 36.4 Å². The van der Waals surface area contributed by atoms with Crippen molar-refractivity contribution in [2.75, 3.05) is 54.4 Å². The Labute approximate surface area is 335 Å². The number of nitrogens with zero attached hydrogens (tertiary/aromatic N) is 2. The summed E-state index contributed by atoms with van der Waals surface area (Å²) < 4.78 is 11.9. The van der Waals surface area contributed by atoms with Gasteiger partial charge >= 0.3 is 11.9 Å². The maximum Gasteiger partial charge on any atom is 0.338 e. The number of hydrogen-bond donors (Lipinski definition) is 3. The number of nitrogens with one attached hydrogen (secondary N) is 3. The number of ether oxygens (including phenoxy) is 2. The number of hydrogen-bond acceptors (Lipinski definition) is 10. The average molecular weight is 794 g/mol. The van der Waals surface area contributed by atoms with E-state index in [4.69, 9.17) is 9.47 Å². The first-order chi connectivity index (χ1) is 26.4. The lowest BCUT2D eigenvalue weighted by Crippen LogP contribution is -2.53. The van der Waals surface area contributed by atoms with Gasteiger partial charge in [0.2, 0.25) is 23.6 Å². The predicted octanol–water partition coefficient (Wildman–Crippen LogP) is 3.18. The second-order valence-electron chi connectivity index (χ2n) is 16.3. The molecule has 4 bridgehead atoms. The van der Waals surface area contributed by atoms with Crippen LogP contribution in [-0.4, -0.2) is 112 Å². The number of esters is 2. The van der Waals surface area contributed by atoms with Crippen molar-refractivity contribution in [2.45, 2.75) is 50.7 Å². The van der Waals surface area contributed by atoms with E-state index in [2.05, 4.69) is 16.0 Å². The molecule has 6 rings (SSSR count). The number of imide groups is 1. The van der Waals surface area contributed by atoms with Crippen molar-refractivity contribution in [2.24, 2.45) is 47.3 Å². The summed E-state index contributed by atoms with van der Waals surface area (Å²) in [6.07, 6.45) is 2.12. The largest absolute Gasteiger partial charge is 0.458 e. The summed E-state index contributed by atoms with van der Waals surface area (Å²) in [6, 6.07) is 17.2. The molecule has 0 heterocycles. The van der Waals surface area contributed by atoms with Crippen molar-refractivity contribution >= 4 is 48.0 Å². The first kappa shape index (κ1) is 42.8. The minimum Gasteiger partial charge on any atom is -0.458 e. The molecule has 3 N–H and O–H groups in total. The normalized spacial score (nSPS) is 28.4. The molecular weight excluding hydrogens is 738 g/mol. The Hall–Kier alpha value is -4.33. The molecule has 2 aromatic carbocycles. The van der Waals surface area contributed by atoms with E-state index in [0.29, 0.717) is 49.9 Å². The van der Waals surface area contributed by atoms with E-state index in [9.17, 15) is 28.8 Å². The van der Waals surface area contributed by atoms with Crippen LogP contribution in [0.3, 0.4) is 0 Å². The van der Waals surface area contributed by atoms with Crippen molar-refractivity contribution < 1.29 is 38.2 Å². The molecule has 2 aromatic rings. The van der Waals surface area contributed by atoms with Crippen LogP contribution in [0, 0.1) is 47.3 Å². The number of rotatable bonds is 16. The van der Waals surface area contributed by atoms with Gasteiger partial charge in [-0.25, -0.2) is 9.59 Å². The molecule has 304 valence electrons. The molecule has 4 fully saturated rings. The van der Waals surface area contributed by atoms with E-state index in [1.165, 1.54) is 0 Å². The zero-order valence-electron chi connectivity index (χ0n) is 32.7. The summed E-state index contributed by atoms with van der Waals surface area (Å²) in [5.41, 5.74) is 0.781. The Bertz CT molecular complexity index is 1590. The van der Waals surface area contributed by atoms with E-state index >= 15 is 0 Å². The van der Waals surface area contributed by atoms with E-state index in [1.54, 1.807) is 60.7 Å². The molecule has 4 amide bonds. The summed E-state index contributed by atoms with van der Waals surface area (Å²) in [5, 5.41) is 8.67. The standard InChI is InChI=1S/C42H55N5O8.ClH/c1-46(2)19-11-17-43-37(48)33-27-21-29(31(23-27)54-41(52)25-13-7-5-8-14-25)35(33)39(50)45-40(51)36-30-22-28(34(36)38(49)44-18-12-20-47(3)4)24-32(30)55-42(53)26-15-9-6-10-16-26;/h5-10,13-16,27-36H,11-12,17-24H2,1-4H3,(H,43,48)(H,44,49)(H,45,50,51);1H. The lowest BCUT2D eigenvalue weighted by Gasteiger charge is -2.36. The lowest BCUT2D eigenvalue weighted by atomic mass is 9.75. The van der Waals surface area contributed by atoms with Gasteiger partial charge in [-0.15, -0.1) is 12.4 Å². The van der Waals surface area contributed by atoms with Crippen LogP contribution in [0.15, 0.2) is 60.7 Å². The molecule has 13 nitrogen and oxygen atoms in total. The fourth-order valence-corrected chi connectivity index (χ4v) is 9.64.